The summed E-state index contributed by atoms with van der Waals surface area (Å²) in [5, 5.41) is 8.76. The quantitative estimate of drug-likeness (QED) is 0.111. The van der Waals surface area contributed by atoms with Gasteiger partial charge in [0.25, 0.3) is 0 Å². The summed E-state index contributed by atoms with van der Waals surface area (Å²) in [6, 6.07) is 0. The van der Waals surface area contributed by atoms with E-state index in [2.05, 4.69) is 6.92 Å². The Hall–Kier alpha value is -0.370. The fraction of sp³-hybridized carbons (Fsp3) is 0.968. The summed E-state index contributed by atoms with van der Waals surface area (Å²) >= 11 is 0. The standard InChI is InChI=1S/C31H62O2/c1-2-3-4-25-28-31(33)29-26-23-21-19-17-15-13-11-9-7-5-6-8-10-12-14-16-18-20-22-24-27-30-32/h32H,2-30H2,1H3. The molecule has 0 saturated carbocycles. The monoisotopic (exact) mass is 466 g/mol. The third-order valence-electron chi connectivity index (χ3n) is 7.17. The zero-order chi connectivity index (χ0) is 24.1. The molecular formula is C31H62O2. The molecule has 0 unspecified atom stereocenters. The number of unbranched alkanes of at least 4 members (excludes halogenated alkanes) is 24. The van der Waals surface area contributed by atoms with Crippen molar-refractivity contribution in [2.75, 3.05) is 6.61 Å². The van der Waals surface area contributed by atoms with Gasteiger partial charge in [0.2, 0.25) is 0 Å². The van der Waals surface area contributed by atoms with E-state index in [0.717, 1.165) is 32.1 Å². The smallest absolute Gasteiger partial charge is 0.132 e. The molecule has 1 N–H and O–H groups in total. The van der Waals surface area contributed by atoms with Crippen molar-refractivity contribution >= 4 is 5.78 Å². The van der Waals surface area contributed by atoms with Gasteiger partial charge in [-0.1, -0.05) is 155 Å². The molecule has 0 heterocycles. The summed E-state index contributed by atoms with van der Waals surface area (Å²) in [7, 11) is 0. The van der Waals surface area contributed by atoms with Gasteiger partial charge in [-0.25, -0.2) is 0 Å². The van der Waals surface area contributed by atoms with Crippen LogP contribution in [0.4, 0.5) is 0 Å². The van der Waals surface area contributed by atoms with Crippen molar-refractivity contribution in [1.82, 2.24) is 0 Å². The molecule has 33 heavy (non-hydrogen) atoms. The van der Waals surface area contributed by atoms with Crippen LogP contribution < -0.4 is 0 Å². The van der Waals surface area contributed by atoms with E-state index in [4.69, 9.17) is 5.11 Å². The molecule has 0 rings (SSSR count). The molecule has 0 aliphatic carbocycles. The van der Waals surface area contributed by atoms with Crippen LogP contribution in [0.1, 0.15) is 187 Å². The molecular weight excluding hydrogens is 404 g/mol. The molecule has 0 atom stereocenters. The Morgan fingerprint density at radius 3 is 0.909 bits per heavy atom. The second-order valence-electron chi connectivity index (χ2n) is 10.6. The number of Topliss-reactive ketones (excluding diaryl/α,β-unsaturated/α-hetero) is 1. The fourth-order valence-electron chi connectivity index (χ4n) is 4.84. The molecule has 0 radical (unpaired) electrons. The van der Waals surface area contributed by atoms with Crippen molar-refractivity contribution in [3.05, 3.63) is 0 Å². The summed E-state index contributed by atoms with van der Waals surface area (Å²) in [6.07, 6.45) is 36.5. The lowest BCUT2D eigenvalue weighted by atomic mass is 10.0. The summed E-state index contributed by atoms with van der Waals surface area (Å²) in [6.45, 7) is 2.59. The van der Waals surface area contributed by atoms with Crippen LogP contribution in [0.3, 0.4) is 0 Å². The van der Waals surface area contributed by atoms with Gasteiger partial charge in [-0.3, -0.25) is 4.79 Å². The van der Waals surface area contributed by atoms with Gasteiger partial charge in [-0.2, -0.15) is 0 Å². The Kier molecular flexibility index (Phi) is 29.3. The molecule has 0 aromatic rings. The first-order valence-corrected chi connectivity index (χ1v) is 15.4. The van der Waals surface area contributed by atoms with Gasteiger partial charge < -0.3 is 5.11 Å². The predicted molar refractivity (Wildman–Crippen MR) is 147 cm³/mol. The molecule has 0 saturated heterocycles. The zero-order valence-corrected chi connectivity index (χ0v) is 22.9. The number of carbonyl (C=O) groups is 1. The lowest BCUT2D eigenvalue weighted by Gasteiger charge is -2.04. The molecule has 0 aliphatic rings. The minimum Gasteiger partial charge on any atom is -0.396 e. The van der Waals surface area contributed by atoms with Gasteiger partial charge >= 0.3 is 0 Å². The first-order chi connectivity index (χ1) is 16.3. The normalized spacial score (nSPS) is 11.3. The molecule has 0 bridgehead atoms. The summed E-state index contributed by atoms with van der Waals surface area (Å²) in [5.41, 5.74) is 0. The van der Waals surface area contributed by atoms with Crippen molar-refractivity contribution in [2.45, 2.75) is 187 Å². The van der Waals surface area contributed by atoms with Gasteiger partial charge in [-0.05, 0) is 19.3 Å². The van der Waals surface area contributed by atoms with E-state index in [9.17, 15) is 4.79 Å². The molecule has 0 spiro atoms. The van der Waals surface area contributed by atoms with Crippen LogP contribution in [0.2, 0.25) is 0 Å². The Morgan fingerprint density at radius 2 is 0.636 bits per heavy atom. The van der Waals surface area contributed by atoms with E-state index < -0.39 is 0 Å². The molecule has 0 aromatic carbocycles. The second-order valence-corrected chi connectivity index (χ2v) is 10.6. The number of carbonyl (C=O) groups excluding carboxylic acids is 1. The number of rotatable bonds is 29. The van der Waals surface area contributed by atoms with Gasteiger partial charge in [0.15, 0.2) is 0 Å². The number of hydrogen-bond donors (Lipinski definition) is 1. The topological polar surface area (TPSA) is 37.3 Å². The van der Waals surface area contributed by atoms with Crippen molar-refractivity contribution in [2.24, 2.45) is 0 Å². The van der Waals surface area contributed by atoms with Crippen molar-refractivity contribution < 1.29 is 9.90 Å². The highest BCUT2D eigenvalue weighted by molar-refractivity contribution is 5.78. The maximum Gasteiger partial charge on any atom is 0.132 e. The maximum atomic E-state index is 11.8. The van der Waals surface area contributed by atoms with E-state index in [-0.39, 0.29) is 0 Å². The molecule has 0 aliphatic heterocycles. The third-order valence-corrected chi connectivity index (χ3v) is 7.17. The highest BCUT2D eigenvalue weighted by Gasteiger charge is 2.01. The molecule has 0 amide bonds. The van der Waals surface area contributed by atoms with E-state index in [1.54, 1.807) is 0 Å². The fourth-order valence-corrected chi connectivity index (χ4v) is 4.84. The first-order valence-electron chi connectivity index (χ1n) is 15.4. The lowest BCUT2D eigenvalue weighted by molar-refractivity contribution is -0.119. The highest BCUT2D eigenvalue weighted by Crippen LogP contribution is 2.15. The van der Waals surface area contributed by atoms with Crippen LogP contribution in [0, 0.1) is 0 Å². The van der Waals surface area contributed by atoms with Crippen LogP contribution in [0.5, 0.6) is 0 Å². The van der Waals surface area contributed by atoms with Gasteiger partial charge in [0.1, 0.15) is 5.78 Å². The van der Waals surface area contributed by atoms with E-state index >= 15 is 0 Å². The second kappa shape index (κ2) is 29.7. The average molecular weight is 467 g/mol. The minimum absolute atomic E-state index is 0.366. The van der Waals surface area contributed by atoms with Crippen molar-refractivity contribution in [1.29, 1.82) is 0 Å². The Bertz CT molecular complexity index is 366. The molecule has 0 aromatic heterocycles. The van der Waals surface area contributed by atoms with Crippen LogP contribution >= 0.6 is 0 Å². The van der Waals surface area contributed by atoms with Gasteiger partial charge in [0, 0.05) is 19.4 Å². The average Bonchev–Trinajstić information content (AvgIpc) is 2.82. The zero-order valence-electron chi connectivity index (χ0n) is 22.9. The van der Waals surface area contributed by atoms with Crippen molar-refractivity contribution in [3.8, 4) is 0 Å². The Balaban J connectivity index is 3.07. The van der Waals surface area contributed by atoms with E-state index in [1.807, 2.05) is 0 Å². The van der Waals surface area contributed by atoms with Crippen molar-refractivity contribution in [3.63, 3.8) is 0 Å². The Labute approximate surface area is 209 Å². The predicted octanol–water partition coefficient (Wildman–Crippen LogP) is 10.5. The largest absolute Gasteiger partial charge is 0.396 e. The molecule has 2 nitrogen and oxygen atoms in total. The molecule has 2 heteroatoms. The summed E-state index contributed by atoms with van der Waals surface area (Å²) in [4.78, 5) is 11.8. The summed E-state index contributed by atoms with van der Waals surface area (Å²) in [5.74, 6) is 0.503. The third kappa shape index (κ3) is 29.6. The van der Waals surface area contributed by atoms with Crippen LogP contribution in [0.25, 0.3) is 0 Å². The number of hydrogen-bond acceptors (Lipinski definition) is 2. The van der Waals surface area contributed by atoms with E-state index in [0.29, 0.717) is 12.4 Å². The lowest BCUT2D eigenvalue weighted by Crippen LogP contribution is -1.97. The first kappa shape index (κ1) is 32.6. The molecule has 0 fully saturated rings. The van der Waals surface area contributed by atoms with E-state index in [1.165, 1.54) is 148 Å². The number of aliphatic hydroxyl groups excluding tert-OH is 1. The molecule has 198 valence electrons. The SMILES string of the molecule is CCCCCCC(=O)CCCCCCCCCCCCCCCCCCCCCCCCO. The Morgan fingerprint density at radius 1 is 0.394 bits per heavy atom. The van der Waals surface area contributed by atoms with Crippen LogP contribution in [-0.4, -0.2) is 17.5 Å². The van der Waals surface area contributed by atoms with Gasteiger partial charge in [0.05, 0.1) is 0 Å². The van der Waals surface area contributed by atoms with Crippen LogP contribution in [0.15, 0.2) is 0 Å². The number of ketones is 1. The number of aliphatic hydroxyl groups is 1. The van der Waals surface area contributed by atoms with Gasteiger partial charge in [-0.15, -0.1) is 0 Å². The highest BCUT2D eigenvalue weighted by atomic mass is 16.2. The minimum atomic E-state index is 0.366. The maximum absolute atomic E-state index is 11.8. The van der Waals surface area contributed by atoms with Crippen LogP contribution in [-0.2, 0) is 4.79 Å². The summed E-state index contributed by atoms with van der Waals surface area (Å²) < 4.78 is 0.